The van der Waals surface area contributed by atoms with Gasteiger partial charge in [0.2, 0.25) is 11.8 Å². The largest absolute Gasteiger partial charge is 0.481 e. The highest BCUT2D eigenvalue weighted by Gasteiger charge is 2.20. The minimum Gasteiger partial charge on any atom is -0.481 e. The van der Waals surface area contributed by atoms with Crippen molar-refractivity contribution in [3.05, 3.63) is 35.6 Å². The summed E-state index contributed by atoms with van der Waals surface area (Å²) in [5.74, 6) is -2.78. The van der Waals surface area contributed by atoms with E-state index in [4.69, 9.17) is 0 Å². The van der Waals surface area contributed by atoms with Crippen LogP contribution in [0.2, 0.25) is 0 Å². The van der Waals surface area contributed by atoms with Crippen molar-refractivity contribution in [3.8, 4) is 0 Å². The maximum Gasteiger partial charge on any atom is 0.312 e. The Labute approximate surface area is 147 Å². The third kappa shape index (κ3) is 6.91. The average Bonchev–Trinajstić information content (AvgIpc) is 2.57. The highest BCUT2D eigenvalue weighted by Crippen LogP contribution is 2.16. The van der Waals surface area contributed by atoms with Crippen molar-refractivity contribution in [2.45, 2.75) is 39.0 Å². The molecule has 0 heterocycles. The first kappa shape index (κ1) is 20.6. The van der Waals surface area contributed by atoms with Crippen LogP contribution in [0.3, 0.4) is 0 Å². The van der Waals surface area contributed by atoms with Gasteiger partial charge in [-0.3, -0.25) is 14.4 Å². The van der Waals surface area contributed by atoms with Crippen molar-refractivity contribution in [1.29, 1.82) is 0 Å². The van der Waals surface area contributed by atoms with E-state index >= 15 is 0 Å². The first-order valence-electron chi connectivity index (χ1n) is 8.41. The lowest BCUT2D eigenvalue weighted by atomic mass is 9.99. The molecule has 0 aromatic heterocycles. The highest BCUT2D eigenvalue weighted by atomic mass is 19.1. The Morgan fingerprint density at radius 3 is 2.24 bits per heavy atom. The Balaban J connectivity index is 2.44. The Bertz CT molecular complexity index is 585. The molecule has 0 aliphatic rings. The smallest absolute Gasteiger partial charge is 0.312 e. The summed E-state index contributed by atoms with van der Waals surface area (Å²) in [6.07, 6.45) is 0.855. The normalized spacial score (nSPS) is 11.6. The fourth-order valence-corrected chi connectivity index (χ4v) is 2.48. The zero-order valence-corrected chi connectivity index (χ0v) is 14.6. The van der Waals surface area contributed by atoms with Crippen molar-refractivity contribution in [3.63, 3.8) is 0 Å². The van der Waals surface area contributed by atoms with Crippen LogP contribution in [0, 0.1) is 5.82 Å². The van der Waals surface area contributed by atoms with Crippen LogP contribution < -0.4 is 5.32 Å². The van der Waals surface area contributed by atoms with Gasteiger partial charge in [0, 0.05) is 32.5 Å². The zero-order valence-electron chi connectivity index (χ0n) is 14.6. The molecular formula is C18H25FN2O4. The van der Waals surface area contributed by atoms with E-state index in [1.807, 2.05) is 13.8 Å². The molecule has 138 valence electrons. The molecule has 2 N–H and O–H groups in total. The number of amides is 2. The van der Waals surface area contributed by atoms with Gasteiger partial charge in [-0.25, -0.2) is 4.39 Å². The van der Waals surface area contributed by atoms with Gasteiger partial charge in [0.1, 0.15) is 5.82 Å². The number of nitrogens with zero attached hydrogens (tertiary/aromatic N) is 1. The number of aliphatic carboxylic acids is 1. The van der Waals surface area contributed by atoms with Crippen LogP contribution in [0.5, 0.6) is 0 Å². The molecule has 6 nitrogen and oxygen atoms in total. The number of nitrogens with one attached hydrogen (secondary N) is 1. The molecule has 7 heteroatoms. The van der Waals surface area contributed by atoms with Crippen LogP contribution in [0.4, 0.5) is 4.39 Å². The highest BCUT2D eigenvalue weighted by molar-refractivity contribution is 5.80. The maximum absolute atomic E-state index is 12.9. The molecule has 0 aliphatic carbocycles. The molecule has 1 rings (SSSR count). The second-order valence-corrected chi connectivity index (χ2v) is 5.67. The van der Waals surface area contributed by atoms with Crippen LogP contribution in [0.1, 0.15) is 44.6 Å². The predicted octanol–water partition coefficient (Wildman–Crippen LogP) is 2.15. The summed E-state index contributed by atoms with van der Waals surface area (Å²) in [5, 5.41) is 11.8. The predicted molar refractivity (Wildman–Crippen MR) is 91.6 cm³/mol. The van der Waals surface area contributed by atoms with Crippen LogP contribution in [-0.2, 0) is 14.4 Å². The third-order valence-corrected chi connectivity index (χ3v) is 3.98. The van der Waals surface area contributed by atoms with E-state index in [-0.39, 0.29) is 31.2 Å². The van der Waals surface area contributed by atoms with E-state index in [9.17, 15) is 23.9 Å². The first-order chi connectivity index (χ1) is 11.9. The lowest BCUT2D eigenvalue weighted by Crippen LogP contribution is -2.32. The van der Waals surface area contributed by atoms with E-state index in [2.05, 4.69) is 5.32 Å². The SMILES string of the molecule is CCN(CC)C(=O)CCCC(=O)NCC(C(=O)O)c1ccc(F)cc1. The summed E-state index contributed by atoms with van der Waals surface area (Å²) in [4.78, 5) is 36.7. The molecule has 2 amide bonds. The summed E-state index contributed by atoms with van der Waals surface area (Å²) in [7, 11) is 0. The molecular weight excluding hydrogens is 327 g/mol. The van der Waals surface area contributed by atoms with Crippen molar-refractivity contribution in [1.82, 2.24) is 10.2 Å². The van der Waals surface area contributed by atoms with Crippen LogP contribution in [0.25, 0.3) is 0 Å². The quantitative estimate of drug-likeness (QED) is 0.675. The minimum absolute atomic E-state index is 0.00697. The Hall–Kier alpha value is -2.44. The van der Waals surface area contributed by atoms with Crippen molar-refractivity contribution < 1.29 is 23.9 Å². The molecule has 0 aliphatic heterocycles. The Morgan fingerprint density at radius 2 is 1.72 bits per heavy atom. The zero-order chi connectivity index (χ0) is 18.8. The third-order valence-electron chi connectivity index (χ3n) is 3.98. The summed E-state index contributed by atoms with van der Waals surface area (Å²) in [5.41, 5.74) is 0.422. The van der Waals surface area contributed by atoms with Gasteiger partial charge in [0.05, 0.1) is 5.92 Å². The van der Waals surface area contributed by atoms with Gasteiger partial charge >= 0.3 is 5.97 Å². The molecule has 25 heavy (non-hydrogen) atoms. The Morgan fingerprint density at radius 1 is 1.12 bits per heavy atom. The number of carboxylic acid groups (broad SMARTS) is 1. The summed E-state index contributed by atoms with van der Waals surface area (Å²) in [6, 6.07) is 5.16. The minimum atomic E-state index is -1.09. The Kier molecular flexibility index (Phi) is 8.60. The van der Waals surface area contributed by atoms with Crippen LogP contribution >= 0.6 is 0 Å². The monoisotopic (exact) mass is 352 g/mol. The molecule has 0 saturated carbocycles. The molecule has 0 saturated heterocycles. The second-order valence-electron chi connectivity index (χ2n) is 5.67. The number of hydrogen-bond donors (Lipinski definition) is 2. The summed E-state index contributed by atoms with van der Waals surface area (Å²) < 4.78 is 12.9. The molecule has 1 aromatic carbocycles. The number of benzene rings is 1. The number of carboxylic acids is 1. The van der Waals surface area contributed by atoms with Gasteiger partial charge < -0.3 is 15.3 Å². The van der Waals surface area contributed by atoms with E-state index < -0.39 is 17.7 Å². The molecule has 0 bridgehead atoms. The van der Waals surface area contributed by atoms with Gasteiger partial charge in [0.25, 0.3) is 0 Å². The number of carbonyl (C=O) groups is 3. The van der Waals surface area contributed by atoms with E-state index in [0.29, 0.717) is 25.1 Å². The molecule has 0 spiro atoms. The lowest BCUT2D eigenvalue weighted by molar-refractivity contribution is -0.138. The summed E-state index contributed by atoms with van der Waals surface area (Å²) >= 11 is 0. The van der Waals surface area contributed by atoms with E-state index in [1.54, 1.807) is 4.90 Å². The lowest BCUT2D eigenvalue weighted by Gasteiger charge is -2.18. The topological polar surface area (TPSA) is 86.7 Å². The fraction of sp³-hybridized carbons (Fsp3) is 0.500. The fourth-order valence-electron chi connectivity index (χ4n) is 2.48. The van der Waals surface area contributed by atoms with E-state index in [0.717, 1.165) is 0 Å². The molecule has 1 atom stereocenters. The number of rotatable bonds is 10. The average molecular weight is 352 g/mol. The van der Waals surface area contributed by atoms with E-state index in [1.165, 1.54) is 24.3 Å². The number of carbonyl (C=O) groups excluding carboxylic acids is 2. The second kappa shape index (κ2) is 10.4. The first-order valence-corrected chi connectivity index (χ1v) is 8.41. The van der Waals surface area contributed by atoms with Gasteiger partial charge in [-0.2, -0.15) is 0 Å². The number of halogens is 1. The molecule has 0 fully saturated rings. The van der Waals surface area contributed by atoms with Crippen LogP contribution in [-0.4, -0.2) is 47.4 Å². The summed E-state index contributed by atoms with van der Waals surface area (Å²) in [6.45, 7) is 4.99. The number of hydrogen-bond acceptors (Lipinski definition) is 3. The van der Waals surface area contributed by atoms with Crippen molar-refractivity contribution >= 4 is 17.8 Å². The van der Waals surface area contributed by atoms with Gasteiger partial charge in [-0.15, -0.1) is 0 Å². The van der Waals surface area contributed by atoms with Crippen molar-refractivity contribution in [2.24, 2.45) is 0 Å². The van der Waals surface area contributed by atoms with Gasteiger partial charge in [-0.05, 0) is 38.0 Å². The maximum atomic E-state index is 12.9. The molecule has 1 unspecified atom stereocenters. The van der Waals surface area contributed by atoms with Gasteiger partial charge in [-0.1, -0.05) is 12.1 Å². The van der Waals surface area contributed by atoms with Gasteiger partial charge in [0.15, 0.2) is 0 Å². The standard InChI is InChI=1S/C18H25FN2O4/c1-3-21(4-2)17(23)7-5-6-16(22)20-12-15(18(24)25)13-8-10-14(19)11-9-13/h8-11,15H,3-7,12H2,1-2H3,(H,20,22)(H,24,25). The molecule has 0 radical (unpaired) electrons. The van der Waals surface area contributed by atoms with Crippen molar-refractivity contribution in [2.75, 3.05) is 19.6 Å². The molecule has 1 aromatic rings. The van der Waals surface area contributed by atoms with Crippen LogP contribution in [0.15, 0.2) is 24.3 Å².